The number of hydrogen-bond acceptors (Lipinski definition) is 1. The minimum atomic E-state index is 0.109. The molecule has 1 aliphatic rings. The van der Waals surface area contributed by atoms with Crippen LogP contribution in [0.5, 0.6) is 0 Å². The molecule has 3 heteroatoms. The van der Waals surface area contributed by atoms with E-state index in [4.69, 9.17) is 0 Å². The first-order chi connectivity index (χ1) is 5.70. The van der Waals surface area contributed by atoms with Gasteiger partial charge in [0.25, 0.3) is 5.56 Å². The number of hydrogen-bond donors (Lipinski definition) is 0. The third-order valence-corrected chi connectivity index (χ3v) is 2.71. The Bertz CT molecular complexity index is 417. The molecule has 0 atom stereocenters. The van der Waals surface area contributed by atoms with Crippen molar-refractivity contribution < 1.29 is 0 Å². The molecule has 0 bridgehead atoms. The highest BCUT2D eigenvalue weighted by Crippen LogP contribution is 2.24. The molecule has 2 nitrogen and oxygen atoms in total. The van der Waals surface area contributed by atoms with Gasteiger partial charge in [0.15, 0.2) is 0 Å². The molecule has 1 aromatic heterocycles. The van der Waals surface area contributed by atoms with Crippen LogP contribution in [-0.4, -0.2) is 4.57 Å². The summed E-state index contributed by atoms with van der Waals surface area (Å²) in [4.78, 5) is 11.5. The molecule has 1 aromatic rings. The molecule has 0 spiro atoms. The smallest absolute Gasteiger partial charge is 0.254 e. The predicted octanol–water partition coefficient (Wildman–Crippen LogP) is 1.72. The highest BCUT2D eigenvalue weighted by Gasteiger charge is 2.13. The molecular weight excluding hydrogens is 218 g/mol. The Morgan fingerprint density at radius 3 is 3.08 bits per heavy atom. The molecule has 0 fully saturated rings. The van der Waals surface area contributed by atoms with E-state index in [1.165, 1.54) is 0 Å². The van der Waals surface area contributed by atoms with Crippen molar-refractivity contribution in [3.63, 3.8) is 0 Å². The van der Waals surface area contributed by atoms with Gasteiger partial charge in [0.1, 0.15) is 0 Å². The Balaban J connectivity index is 2.83. The van der Waals surface area contributed by atoms with Crippen LogP contribution in [0.3, 0.4) is 0 Å². The molecule has 2 rings (SSSR count). The molecule has 0 unspecified atom stereocenters. The van der Waals surface area contributed by atoms with Crippen molar-refractivity contribution in [1.82, 2.24) is 4.57 Å². The average Bonchev–Trinajstić information content (AvgIpc) is 2.48. The average molecular weight is 226 g/mol. The summed E-state index contributed by atoms with van der Waals surface area (Å²) in [6.45, 7) is 0. The molecule has 0 saturated heterocycles. The van der Waals surface area contributed by atoms with E-state index < -0.39 is 0 Å². The summed E-state index contributed by atoms with van der Waals surface area (Å²) in [5, 5.41) is 0. The highest BCUT2D eigenvalue weighted by molar-refractivity contribution is 9.10. The van der Waals surface area contributed by atoms with Gasteiger partial charge in [0, 0.05) is 23.3 Å². The van der Waals surface area contributed by atoms with Crippen LogP contribution in [0.1, 0.15) is 11.1 Å². The van der Waals surface area contributed by atoms with Crippen LogP contribution in [0.2, 0.25) is 0 Å². The topological polar surface area (TPSA) is 22.0 Å². The summed E-state index contributed by atoms with van der Waals surface area (Å²) in [6, 6.07) is 0. The Kier molecular flexibility index (Phi) is 1.68. The maximum Gasteiger partial charge on any atom is 0.254 e. The summed E-state index contributed by atoms with van der Waals surface area (Å²) in [5.74, 6) is 0. The number of allylic oxidation sites excluding steroid dienone is 1. The quantitative estimate of drug-likeness (QED) is 0.660. The van der Waals surface area contributed by atoms with Gasteiger partial charge in [-0.05, 0) is 27.9 Å². The van der Waals surface area contributed by atoms with E-state index in [-0.39, 0.29) is 5.56 Å². The van der Waals surface area contributed by atoms with E-state index in [1.54, 1.807) is 17.8 Å². The van der Waals surface area contributed by atoms with Crippen LogP contribution in [0.15, 0.2) is 21.5 Å². The first-order valence-corrected chi connectivity index (χ1v) is 4.54. The van der Waals surface area contributed by atoms with Gasteiger partial charge >= 0.3 is 0 Å². The van der Waals surface area contributed by atoms with Crippen molar-refractivity contribution in [2.24, 2.45) is 7.05 Å². The van der Waals surface area contributed by atoms with Crippen LogP contribution in [0.25, 0.3) is 6.08 Å². The Morgan fingerprint density at radius 2 is 2.33 bits per heavy atom. The van der Waals surface area contributed by atoms with Gasteiger partial charge in [0.05, 0.1) is 0 Å². The minimum absolute atomic E-state index is 0.109. The van der Waals surface area contributed by atoms with Gasteiger partial charge < -0.3 is 4.57 Å². The maximum absolute atomic E-state index is 11.5. The molecule has 1 heterocycles. The molecule has 62 valence electrons. The Hall–Kier alpha value is -0.830. The monoisotopic (exact) mass is 225 g/mol. The zero-order chi connectivity index (χ0) is 8.72. The van der Waals surface area contributed by atoms with Gasteiger partial charge in [0.2, 0.25) is 0 Å². The lowest BCUT2D eigenvalue weighted by Crippen LogP contribution is -2.20. The van der Waals surface area contributed by atoms with Crippen molar-refractivity contribution in [3.8, 4) is 0 Å². The molecule has 0 N–H and O–H groups in total. The van der Waals surface area contributed by atoms with Gasteiger partial charge in [-0.3, -0.25) is 4.79 Å². The predicted molar refractivity (Wildman–Crippen MR) is 52.1 cm³/mol. The summed E-state index contributed by atoms with van der Waals surface area (Å²) in [7, 11) is 1.77. The molecule has 12 heavy (non-hydrogen) atoms. The molecule has 0 saturated carbocycles. The third-order valence-electron chi connectivity index (χ3n) is 2.07. The second-order valence-electron chi connectivity index (χ2n) is 2.89. The van der Waals surface area contributed by atoms with E-state index in [9.17, 15) is 4.79 Å². The van der Waals surface area contributed by atoms with E-state index in [1.807, 2.05) is 12.2 Å². The SMILES string of the molecule is Cn1cc(Br)c2c(c1=O)CC=C2. The molecular formula is C9H8BrNO. The van der Waals surface area contributed by atoms with Gasteiger partial charge in [-0.25, -0.2) is 0 Å². The molecule has 0 amide bonds. The van der Waals surface area contributed by atoms with Crippen molar-refractivity contribution in [1.29, 1.82) is 0 Å². The number of pyridine rings is 1. The lowest BCUT2D eigenvalue weighted by molar-refractivity contribution is 0.838. The number of aromatic nitrogens is 1. The number of rotatable bonds is 0. The standard InChI is InChI=1S/C9H8BrNO/c1-11-5-8(10)6-3-2-4-7(6)9(11)12/h2-3,5H,4H2,1H3. The third kappa shape index (κ3) is 0.966. The second-order valence-corrected chi connectivity index (χ2v) is 3.75. The molecule has 0 aromatic carbocycles. The molecule has 1 aliphatic carbocycles. The molecule has 0 radical (unpaired) electrons. The number of fused-ring (bicyclic) bond motifs is 1. The first kappa shape index (κ1) is 7.80. The van der Waals surface area contributed by atoms with Crippen LogP contribution in [-0.2, 0) is 13.5 Å². The lowest BCUT2D eigenvalue weighted by atomic mass is 10.2. The van der Waals surface area contributed by atoms with E-state index in [0.29, 0.717) is 0 Å². The summed E-state index contributed by atoms with van der Waals surface area (Å²) >= 11 is 3.42. The number of nitrogens with zero attached hydrogens (tertiary/aromatic N) is 1. The van der Waals surface area contributed by atoms with Gasteiger partial charge in [-0.1, -0.05) is 12.2 Å². The van der Waals surface area contributed by atoms with Crippen molar-refractivity contribution in [3.05, 3.63) is 38.2 Å². The summed E-state index contributed by atoms with van der Waals surface area (Å²) in [6.07, 6.45) is 6.57. The zero-order valence-corrected chi connectivity index (χ0v) is 8.26. The fourth-order valence-electron chi connectivity index (χ4n) is 1.44. The first-order valence-electron chi connectivity index (χ1n) is 3.74. The molecule has 0 aliphatic heterocycles. The van der Waals surface area contributed by atoms with Crippen LogP contribution in [0, 0.1) is 0 Å². The maximum atomic E-state index is 11.5. The van der Waals surface area contributed by atoms with Crippen LogP contribution >= 0.6 is 15.9 Å². The normalized spacial score (nSPS) is 13.5. The fraction of sp³-hybridized carbons (Fsp3) is 0.222. The zero-order valence-electron chi connectivity index (χ0n) is 6.67. The van der Waals surface area contributed by atoms with Crippen molar-refractivity contribution in [2.45, 2.75) is 6.42 Å². The second kappa shape index (κ2) is 2.59. The van der Waals surface area contributed by atoms with Gasteiger partial charge in [-0.2, -0.15) is 0 Å². The van der Waals surface area contributed by atoms with Crippen molar-refractivity contribution in [2.75, 3.05) is 0 Å². The van der Waals surface area contributed by atoms with Crippen molar-refractivity contribution >= 4 is 22.0 Å². The Morgan fingerprint density at radius 1 is 1.58 bits per heavy atom. The van der Waals surface area contributed by atoms with E-state index in [0.717, 1.165) is 22.0 Å². The van der Waals surface area contributed by atoms with Crippen LogP contribution in [0.4, 0.5) is 0 Å². The van der Waals surface area contributed by atoms with E-state index >= 15 is 0 Å². The fourth-order valence-corrected chi connectivity index (χ4v) is 2.12. The highest BCUT2D eigenvalue weighted by atomic mass is 79.9. The van der Waals surface area contributed by atoms with Gasteiger partial charge in [-0.15, -0.1) is 0 Å². The summed E-state index contributed by atoms with van der Waals surface area (Å²) < 4.78 is 2.60. The summed E-state index contributed by atoms with van der Waals surface area (Å²) in [5.41, 5.74) is 2.04. The number of aryl methyl sites for hydroxylation is 1. The lowest BCUT2D eigenvalue weighted by Gasteiger charge is -2.04. The van der Waals surface area contributed by atoms with E-state index in [2.05, 4.69) is 15.9 Å². The largest absolute Gasteiger partial charge is 0.317 e. The number of halogens is 1. The minimum Gasteiger partial charge on any atom is -0.317 e. The van der Waals surface area contributed by atoms with Crippen LogP contribution < -0.4 is 5.56 Å². The Labute approximate surface area is 78.7 Å².